The number of sulfonamides is 1. The Balaban J connectivity index is 1.65. The highest BCUT2D eigenvalue weighted by Crippen LogP contribution is 2.26. The number of halogens is 1. The Labute approximate surface area is 196 Å². The summed E-state index contributed by atoms with van der Waals surface area (Å²) in [5, 5.41) is 7.30. The molecule has 0 aliphatic heterocycles. The topological polar surface area (TPSA) is 97.2 Å². The van der Waals surface area contributed by atoms with Gasteiger partial charge in [-0.2, -0.15) is 5.10 Å². The van der Waals surface area contributed by atoms with Crippen LogP contribution >= 0.6 is 11.6 Å². The number of para-hydroxylation sites is 1. The largest absolute Gasteiger partial charge is 0.320 e. The van der Waals surface area contributed by atoms with E-state index in [9.17, 15) is 13.2 Å². The number of rotatable bonds is 7. The number of nitrogens with zero attached hydrogens (tertiary/aromatic N) is 4. The Morgan fingerprint density at radius 3 is 2.55 bits per heavy atom. The molecule has 0 aliphatic carbocycles. The van der Waals surface area contributed by atoms with Crippen molar-refractivity contribution in [1.82, 2.24) is 14.8 Å². The van der Waals surface area contributed by atoms with E-state index in [0.717, 1.165) is 0 Å². The molecule has 10 heteroatoms. The van der Waals surface area contributed by atoms with Gasteiger partial charge in [0.05, 0.1) is 22.0 Å². The Morgan fingerprint density at radius 2 is 1.85 bits per heavy atom. The van der Waals surface area contributed by atoms with Crippen molar-refractivity contribution in [2.24, 2.45) is 0 Å². The van der Waals surface area contributed by atoms with Gasteiger partial charge in [0.15, 0.2) is 0 Å². The van der Waals surface area contributed by atoms with Crippen LogP contribution in [0.2, 0.25) is 5.02 Å². The minimum Gasteiger partial charge on any atom is -0.320 e. The molecule has 1 aromatic heterocycles. The van der Waals surface area contributed by atoms with Crippen LogP contribution < -0.4 is 9.62 Å². The van der Waals surface area contributed by atoms with E-state index in [1.165, 1.54) is 39.8 Å². The maximum atomic E-state index is 13.3. The molecule has 0 bridgehead atoms. The van der Waals surface area contributed by atoms with Crippen LogP contribution in [0.4, 0.5) is 11.4 Å². The van der Waals surface area contributed by atoms with Crippen LogP contribution in [0, 0.1) is 0 Å². The maximum Gasteiger partial charge on any atom is 0.264 e. The summed E-state index contributed by atoms with van der Waals surface area (Å²) in [7, 11) is -3.87. The fourth-order valence-corrected chi connectivity index (χ4v) is 5.04. The van der Waals surface area contributed by atoms with Crippen LogP contribution in [0.5, 0.6) is 0 Å². The first-order valence-electron chi connectivity index (χ1n) is 10.0. The zero-order valence-electron chi connectivity index (χ0n) is 17.6. The second-order valence-corrected chi connectivity index (χ2v) is 9.29. The standard InChI is InChI=1S/C23H20ClN5O3S/c1-2-29(19-8-4-3-5-9-19)33(31,32)20-10-6-7-17(13-20)23(30)27-21-14-18(24)11-12-22(21)28-16-25-15-26-28/h3-16H,2H2,1H3,(H,27,30). The van der Waals surface area contributed by atoms with E-state index in [1.54, 1.807) is 55.5 Å². The number of anilines is 2. The molecule has 0 atom stereocenters. The van der Waals surface area contributed by atoms with Gasteiger partial charge >= 0.3 is 0 Å². The molecular weight excluding hydrogens is 462 g/mol. The number of nitrogens with one attached hydrogen (secondary N) is 1. The lowest BCUT2D eigenvalue weighted by molar-refractivity contribution is 0.102. The number of carbonyl (C=O) groups excluding carboxylic acids is 1. The van der Waals surface area contributed by atoms with Crippen LogP contribution in [0.15, 0.2) is 90.3 Å². The minimum absolute atomic E-state index is 0.0171. The van der Waals surface area contributed by atoms with Gasteiger partial charge in [-0.25, -0.2) is 18.1 Å². The van der Waals surface area contributed by atoms with E-state index in [-0.39, 0.29) is 17.0 Å². The van der Waals surface area contributed by atoms with Gasteiger partial charge in [0.1, 0.15) is 12.7 Å². The summed E-state index contributed by atoms with van der Waals surface area (Å²) in [6.45, 7) is 2.00. The number of hydrogen-bond acceptors (Lipinski definition) is 5. The van der Waals surface area contributed by atoms with Crippen molar-refractivity contribution in [1.29, 1.82) is 0 Å². The summed E-state index contributed by atoms with van der Waals surface area (Å²) in [6.07, 6.45) is 2.87. The second-order valence-electron chi connectivity index (χ2n) is 6.99. The zero-order valence-corrected chi connectivity index (χ0v) is 19.2. The molecule has 0 saturated carbocycles. The van der Waals surface area contributed by atoms with Crippen molar-refractivity contribution < 1.29 is 13.2 Å². The van der Waals surface area contributed by atoms with E-state index in [4.69, 9.17) is 11.6 Å². The molecular formula is C23H20ClN5O3S. The average Bonchev–Trinajstić information content (AvgIpc) is 3.35. The van der Waals surface area contributed by atoms with Gasteiger partial charge in [0.25, 0.3) is 15.9 Å². The van der Waals surface area contributed by atoms with Crippen molar-refractivity contribution in [3.63, 3.8) is 0 Å². The summed E-state index contributed by atoms with van der Waals surface area (Å²) in [5.41, 5.74) is 1.71. The molecule has 1 heterocycles. The molecule has 0 aliphatic rings. The van der Waals surface area contributed by atoms with E-state index in [1.807, 2.05) is 6.07 Å². The molecule has 0 fully saturated rings. The molecule has 3 aromatic carbocycles. The molecule has 168 valence electrons. The smallest absolute Gasteiger partial charge is 0.264 e. The van der Waals surface area contributed by atoms with Gasteiger partial charge < -0.3 is 5.32 Å². The molecule has 8 nitrogen and oxygen atoms in total. The lowest BCUT2D eigenvalue weighted by Crippen LogP contribution is -2.31. The number of hydrogen-bond donors (Lipinski definition) is 1. The number of amides is 1. The third kappa shape index (κ3) is 4.74. The van der Waals surface area contributed by atoms with Crippen LogP contribution in [0.3, 0.4) is 0 Å². The Kier molecular flexibility index (Phi) is 6.43. The van der Waals surface area contributed by atoms with E-state index in [0.29, 0.717) is 22.1 Å². The van der Waals surface area contributed by atoms with Crippen LogP contribution in [-0.4, -0.2) is 35.6 Å². The third-order valence-electron chi connectivity index (χ3n) is 4.89. The number of carbonyl (C=O) groups is 1. The monoisotopic (exact) mass is 481 g/mol. The lowest BCUT2D eigenvalue weighted by atomic mass is 10.2. The Hall–Kier alpha value is -3.69. The third-order valence-corrected chi connectivity index (χ3v) is 7.02. The van der Waals surface area contributed by atoms with Gasteiger partial charge in [0, 0.05) is 17.1 Å². The summed E-state index contributed by atoms with van der Waals surface area (Å²) >= 11 is 6.12. The normalized spacial score (nSPS) is 11.2. The SMILES string of the molecule is CCN(c1ccccc1)S(=O)(=O)c1cccc(C(=O)Nc2cc(Cl)ccc2-n2cncn2)c1. The van der Waals surface area contributed by atoms with Gasteiger partial charge in [0.2, 0.25) is 0 Å². The molecule has 0 spiro atoms. The summed E-state index contributed by atoms with van der Waals surface area (Å²) in [6, 6.07) is 19.7. The summed E-state index contributed by atoms with van der Waals surface area (Å²) in [4.78, 5) is 17.0. The van der Waals surface area contributed by atoms with Gasteiger partial charge in [-0.05, 0) is 55.5 Å². The zero-order chi connectivity index (χ0) is 23.4. The summed E-state index contributed by atoms with van der Waals surface area (Å²) < 4.78 is 29.4. The molecule has 1 amide bonds. The van der Waals surface area contributed by atoms with Crippen LogP contribution in [0.1, 0.15) is 17.3 Å². The highest BCUT2D eigenvalue weighted by molar-refractivity contribution is 7.92. The Morgan fingerprint density at radius 1 is 1.06 bits per heavy atom. The molecule has 4 aromatic rings. The van der Waals surface area contributed by atoms with Crippen LogP contribution in [0.25, 0.3) is 5.69 Å². The minimum atomic E-state index is -3.87. The molecule has 0 radical (unpaired) electrons. The average molecular weight is 482 g/mol. The molecule has 33 heavy (non-hydrogen) atoms. The molecule has 0 unspecified atom stereocenters. The van der Waals surface area contributed by atoms with Gasteiger partial charge in [-0.1, -0.05) is 35.9 Å². The fraction of sp³-hybridized carbons (Fsp3) is 0.0870. The first kappa shape index (κ1) is 22.5. The first-order chi connectivity index (χ1) is 15.9. The second kappa shape index (κ2) is 9.43. The van der Waals surface area contributed by atoms with Crippen molar-refractivity contribution in [3.05, 3.63) is 96.0 Å². The highest BCUT2D eigenvalue weighted by Gasteiger charge is 2.24. The van der Waals surface area contributed by atoms with Crippen molar-refractivity contribution in [3.8, 4) is 5.69 Å². The maximum absolute atomic E-state index is 13.3. The van der Waals surface area contributed by atoms with E-state index < -0.39 is 15.9 Å². The summed E-state index contributed by atoms with van der Waals surface area (Å²) in [5.74, 6) is -0.488. The molecule has 1 N–H and O–H groups in total. The quantitative estimate of drug-likeness (QED) is 0.422. The first-order valence-corrected chi connectivity index (χ1v) is 11.9. The van der Waals surface area contributed by atoms with Gasteiger partial charge in [-0.15, -0.1) is 0 Å². The van der Waals surface area contributed by atoms with Crippen molar-refractivity contribution >= 4 is 38.9 Å². The van der Waals surface area contributed by atoms with Crippen molar-refractivity contribution in [2.45, 2.75) is 11.8 Å². The van der Waals surface area contributed by atoms with Crippen molar-refractivity contribution in [2.75, 3.05) is 16.2 Å². The Bertz CT molecular complexity index is 1380. The molecule has 0 saturated heterocycles. The van der Waals surface area contributed by atoms with E-state index >= 15 is 0 Å². The van der Waals surface area contributed by atoms with Crippen LogP contribution in [-0.2, 0) is 10.0 Å². The predicted octanol–water partition coefficient (Wildman–Crippen LogP) is 4.39. The predicted molar refractivity (Wildman–Crippen MR) is 127 cm³/mol. The lowest BCUT2D eigenvalue weighted by Gasteiger charge is -2.23. The number of aromatic nitrogens is 3. The van der Waals surface area contributed by atoms with E-state index in [2.05, 4.69) is 15.4 Å². The fourth-order valence-electron chi connectivity index (χ4n) is 3.35. The van der Waals surface area contributed by atoms with Gasteiger partial charge in [-0.3, -0.25) is 9.10 Å². The number of benzene rings is 3. The molecule has 4 rings (SSSR count). The highest BCUT2D eigenvalue weighted by atomic mass is 35.5.